The number of aromatic nitrogens is 2. The maximum Gasteiger partial charge on any atom is 0.265 e. The van der Waals surface area contributed by atoms with Gasteiger partial charge in [-0.1, -0.05) is 0 Å². The van der Waals surface area contributed by atoms with Crippen molar-refractivity contribution in [1.82, 2.24) is 14.5 Å². The van der Waals surface area contributed by atoms with E-state index in [9.17, 15) is 9.59 Å². The lowest BCUT2D eigenvalue weighted by atomic mass is 9.96. The zero-order chi connectivity index (χ0) is 16.0. The summed E-state index contributed by atoms with van der Waals surface area (Å²) < 4.78 is 6.92. The van der Waals surface area contributed by atoms with Crippen LogP contribution >= 0.6 is 0 Å². The zero-order valence-electron chi connectivity index (χ0n) is 13.4. The number of hydrogen-bond donors (Lipinski definition) is 0. The van der Waals surface area contributed by atoms with Gasteiger partial charge in [-0.05, 0) is 40.0 Å². The van der Waals surface area contributed by atoms with Gasteiger partial charge in [0.15, 0.2) is 0 Å². The van der Waals surface area contributed by atoms with E-state index in [4.69, 9.17) is 4.42 Å². The number of amides is 1. The first-order chi connectivity index (χ1) is 10.4. The molecule has 2 aromatic heterocycles. The molecule has 0 aromatic carbocycles. The molecule has 0 N–H and O–H groups in total. The van der Waals surface area contributed by atoms with Crippen LogP contribution in [0, 0.1) is 6.92 Å². The van der Waals surface area contributed by atoms with Gasteiger partial charge < -0.3 is 13.9 Å². The Morgan fingerprint density at radius 2 is 1.95 bits per heavy atom. The van der Waals surface area contributed by atoms with Crippen LogP contribution in [0.15, 0.2) is 15.5 Å². The largest absolute Gasteiger partial charge is 0.442 e. The number of carbonyl (C=O) groups excluding carboxylic acids is 1. The van der Waals surface area contributed by atoms with Gasteiger partial charge in [-0.3, -0.25) is 9.59 Å². The summed E-state index contributed by atoms with van der Waals surface area (Å²) in [6.07, 6.45) is 4.51. The second-order valence-corrected chi connectivity index (χ2v) is 6.22. The molecule has 118 valence electrons. The van der Waals surface area contributed by atoms with E-state index in [2.05, 4.69) is 18.8 Å². The van der Waals surface area contributed by atoms with Gasteiger partial charge in [0.25, 0.3) is 11.5 Å². The molecule has 1 aliphatic heterocycles. The molecule has 6 heteroatoms. The first-order valence-corrected chi connectivity index (χ1v) is 7.69. The molecule has 1 saturated heterocycles. The van der Waals surface area contributed by atoms with Gasteiger partial charge >= 0.3 is 0 Å². The lowest BCUT2D eigenvalue weighted by Gasteiger charge is -2.39. The number of aryl methyl sites for hydroxylation is 2. The van der Waals surface area contributed by atoms with Gasteiger partial charge in [-0.15, -0.1) is 0 Å². The maximum absolute atomic E-state index is 13.1. The van der Waals surface area contributed by atoms with E-state index in [-0.39, 0.29) is 34.6 Å². The summed E-state index contributed by atoms with van der Waals surface area (Å²) >= 11 is 0. The van der Waals surface area contributed by atoms with Crippen LogP contribution in [0.4, 0.5) is 0 Å². The Labute approximate surface area is 128 Å². The number of likely N-dealkylation sites (tertiary alicyclic amines) is 1. The fourth-order valence-electron chi connectivity index (χ4n) is 3.40. The summed E-state index contributed by atoms with van der Waals surface area (Å²) in [6, 6.07) is 0.335. The minimum absolute atomic E-state index is 0.124. The van der Waals surface area contributed by atoms with E-state index in [1.807, 2.05) is 4.90 Å². The van der Waals surface area contributed by atoms with Crippen molar-refractivity contribution in [2.75, 3.05) is 0 Å². The monoisotopic (exact) mass is 303 g/mol. The van der Waals surface area contributed by atoms with Gasteiger partial charge in [-0.25, -0.2) is 4.98 Å². The topological polar surface area (TPSA) is 68.3 Å². The Hall–Kier alpha value is -2.11. The normalized spacial score (nSPS) is 22.3. The lowest BCUT2D eigenvalue weighted by molar-refractivity contribution is 0.0510. The van der Waals surface area contributed by atoms with Crippen molar-refractivity contribution >= 4 is 17.0 Å². The summed E-state index contributed by atoms with van der Waals surface area (Å²) in [5, 5.41) is 0.289. The molecule has 0 radical (unpaired) electrons. The first-order valence-electron chi connectivity index (χ1n) is 7.69. The summed E-state index contributed by atoms with van der Waals surface area (Å²) in [7, 11) is 1.62. The second-order valence-electron chi connectivity index (χ2n) is 6.22. The lowest BCUT2D eigenvalue weighted by Crippen LogP contribution is -2.47. The van der Waals surface area contributed by atoms with Crippen LogP contribution in [-0.4, -0.2) is 32.4 Å². The Bertz CT molecular complexity index is 780. The van der Waals surface area contributed by atoms with Crippen LogP contribution < -0.4 is 5.56 Å². The molecule has 3 heterocycles. The zero-order valence-corrected chi connectivity index (χ0v) is 13.4. The number of nitrogens with zero attached hydrogens (tertiary/aromatic N) is 3. The Morgan fingerprint density at radius 1 is 1.32 bits per heavy atom. The molecule has 1 aliphatic rings. The van der Waals surface area contributed by atoms with Crippen molar-refractivity contribution in [3.05, 3.63) is 28.0 Å². The highest BCUT2D eigenvalue weighted by molar-refractivity contribution is 6.06. The van der Waals surface area contributed by atoms with E-state index >= 15 is 0 Å². The minimum atomic E-state index is -0.248. The number of fused-ring (bicyclic) bond motifs is 1. The molecule has 2 aromatic rings. The highest BCUT2D eigenvalue weighted by atomic mass is 16.3. The molecular weight excluding hydrogens is 282 g/mol. The highest BCUT2D eigenvalue weighted by Crippen LogP contribution is 2.28. The second kappa shape index (κ2) is 5.26. The number of hydrogen-bond acceptors (Lipinski definition) is 4. The Kier molecular flexibility index (Phi) is 3.54. The third-order valence-corrected chi connectivity index (χ3v) is 4.59. The van der Waals surface area contributed by atoms with Crippen LogP contribution in [0.25, 0.3) is 11.1 Å². The molecule has 0 spiro atoms. The quantitative estimate of drug-likeness (QED) is 0.810. The molecule has 1 amide bonds. The van der Waals surface area contributed by atoms with Gasteiger partial charge in [-0.2, -0.15) is 0 Å². The number of piperidine rings is 1. The van der Waals surface area contributed by atoms with Gasteiger partial charge in [0, 0.05) is 19.1 Å². The third-order valence-electron chi connectivity index (χ3n) is 4.59. The van der Waals surface area contributed by atoms with E-state index in [1.54, 1.807) is 14.0 Å². The van der Waals surface area contributed by atoms with Crippen LogP contribution in [-0.2, 0) is 7.05 Å². The fraction of sp³-hybridized carbons (Fsp3) is 0.562. The van der Waals surface area contributed by atoms with Crippen molar-refractivity contribution in [2.45, 2.75) is 52.1 Å². The Morgan fingerprint density at radius 3 is 2.59 bits per heavy atom. The number of rotatable bonds is 1. The number of furan rings is 1. The fourth-order valence-corrected chi connectivity index (χ4v) is 3.40. The summed E-state index contributed by atoms with van der Waals surface area (Å²) in [4.78, 5) is 31.5. The van der Waals surface area contributed by atoms with Crippen molar-refractivity contribution in [3.8, 4) is 0 Å². The van der Waals surface area contributed by atoms with Crippen molar-refractivity contribution in [3.63, 3.8) is 0 Å². The molecule has 22 heavy (non-hydrogen) atoms. The van der Waals surface area contributed by atoms with Gasteiger partial charge in [0.05, 0.1) is 5.56 Å². The molecule has 0 aliphatic carbocycles. The minimum Gasteiger partial charge on any atom is -0.442 e. The molecular formula is C16H21N3O3. The van der Waals surface area contributed by atoms with E-state index in [1.165, 1.54) is 10.9 Å². The van der Waals surface area contributed by atoms with Gasteiger partial charge in [0.2, 0.25) is 5.71 Å². The van der Waals surface area contributed by atoms with Gasteiger partial charge in [0.1, 0.15) is 17.5 Å². The van der Waals surface area contributed by atoms with Crippen LogP contribution in [0.5, 0.6) is 0 Å². The number of carbonyl (C=O) groups is 1. The molecule has 0 unspecified atom stereocenters. The maximum atomic E-state index is 13.1. The summed E-state index contributed by atoms with van der Waals surface area (Å²) in [5.74, 6) is 0.335. The SMILES string of the molecule is Cc1oc2ncn(C)c(=O)c2c1C(=O)N1[C@H](C)CCC[C@H]1C. The molecule has 6 nitrogen and oxygen atoms in total. The predicted molar refractivity (Wildman–Crippen MR) is 82.9 cm³/mol. The molecule has 1 fully saturated rings. The van der Waals surface area contributed by atoms with E-state index < -0.39 is 0 Å². The molecule has 0 bridgehead atoms. The average molecular weight is 303 g/mol. The summed E-state index contributed by atoms with van der Waals surface area (Å²) in [5.41, 5.74) is 0.355. The van der Waals surface area contributed by atoms with E-state index in [0.29, 0.717) is 11.3 Å². The third kappa shape index (κ3) is 2.14. The average Bonchev–Trinajstić information content (AvgIpc) is 2.79. The van der Waals surface area contributed by atoms with Crippen LogP contribution in [0.2, 0.25) is 0 Å². The predicted octanol–water partition coefficient (Wildman–Crippen LogP) is 2.24. The highest BCUT2D eigenvalue weighted by Gasteiger charge is 2.33. The molecule has 2 atom stereocenters. The van der Waals surface area contributed by atoms with Crippen LogP contribution in [0.3, 0.4) is 0 Å². The van der Waals surface area contributed by atoms with Crippen molar-refractivity contribution < 1.29 is 9.21 Å². The first kappa shape index (κ1) is 14.8. The van der Waals surface area contributed by atoms with E-state index in [0.717, 1.165) is 19.3 Å². The van der Waals surface area contributed by atoms with Crippen LogP contribution in [0.1, 0.15) is 49.2 Å². The Balaban J connectivity index is 2.17. The molecule has 3 rings (SSSR count). The summed E-state index contributed by atoms with van der Waals surface area (Å²) in [6.45, 7) is 5.83. The standard InChI is InChI=1S/C16H21N3O3/c1-9-6-5-7-10(2)19(9)16(21)12-11(3)22-14-13(12)15(20)18(4)8-17-14/h8-10H,5-7H2,1-4H3/t9-,10-/m1/s1. The van der Waals surface area contributed by atoms with Crippen molar-refractivity contribution in [1.29, 1.82) is 0 Å². The van der Waals surface area contributed by atoms with Crippen molar-refractivity contribution in [2.24, 2.45) is 7.05 Å². The molecule has 0 saturated carbocycles. The smallest absolute Gasteiger partial charge is 0.265 e.